The van der Waals surface area contributed by atoms with E-state index in [0.717, 1.165) is 43.5 Å². The van der Waals surface area contributed by atoms with Crippen molar-refractivity contribution >= 4 is 5.91 Å². The van der Waals surface area contributed by atoms with Crippen LogP contribution in [0.15, 0.2) is 30.3 Å². The highest BCUT2D eigenvalue weighted by atomic mass is 16.2. The summed E-state index contributed by atoms with van der Waals surface area (Å²) in [6.07, 6.45) is 2.30. The van der Waals surface area contributed by atoms with Crippen molar-refractivity contribution in [2.24, 2.45) is 5.92 Å². The lowest BCUT2D eigenvalue weighted by atomic mass is 9.93. The first-order valence-electron chi connectivity index (χ1n) is 6.42. The predicted octanol–water partition coefficient (Wildman–Crippen LogP) is 1.51. The van der Waals surface area contributed by atoms with Crippen molar-refractivity contribution < 1.29 is 4.79 Å². The summed E-state index contributed by atoms with van der Waals surface area (Å²) >= 11 is 0. The SMILES string of the molecule is O=C(c1ccccc1)N1CCC([C@@H]2CN2)CC1. The largest absolute Gasteiger partial charge is 0.339 e. The van der Waals surface area contributed by atoms with Crippen LogP contribution in [-0.2, 0) is 0 Å². The number of carbonyl (C=O) groups is 1. The summed E-state index contributed by atoms with van der Waals surface area (Å²) in [7, 11) is 0. The molecule has 1 N–H and O–H groups in total. The third-order valence-electron chi connectivity index (χ3n) is 3.86. The van der Waals surface area contributed by atoms with Crippen LogP contribution in [0.1, 0.15) is 23.2 Å². The molecule has 0 aliphatic carbocycles. The summed E-state index contributed by atoms with van der Waals surface area (Å²) in [6.45, 7) is 3.00. The number of likely N-dealkylation sites (tertiary alicyclic amines) is 1. The molecule has 0 saturated carbocycles. The summed E-state index contributed by atoms with van der Waals surface area (Å²) in [4.78, 5) is 14.2. The van der Waals surface area contributed by atoms with Crippen LogP contribution in [0.25, 0.3) is 0 Å². The molecule has 1 aromatic rings. The smallest absolute Gasteiger partial charge is 0.253 e. The zero-order chi connectivity index (χ0) is 11.7. The quantitative estimate of drug-likeness (QED) is 0.783. The average molecular weight is 230 g/mol. The highest BCUT2D eigenvalue weighted by molar-refractivity contribution is 5.94. The van der Waals surface area contributed by atoms with Crippen LogP contribution in [0.2, 0.25) is 0 Å². The van der Waals surface area contributed by atoms with Crippen molar-refractivity contribution in [2.75, 3.05) is 19.6 Å². The van der Waals surface area contributed by atoms with E-state index >= 15 is 0 Å². The van der Waals surface area contributed by atoms with Crippen LogP contribution in [0.3, 0.4) is 0 Å². The molecule has 3 heteroatoms. The Morgan fingerprint density at radius 1 is 1.18 bits per heavy atom. The van der Waals surface area contributed by atoms with E-state index in [4.69, 9.17) is 0 Å². The van der Waals surface area contributed by atoms with Crippen molar-refractivity contribution in [1.82, 2.24) is 10.2 Å². The molecule has 90 valence electrons. The zero-order valence-corrected chi connectivity index (χ0v) is 9.93. The van der Waals surface area contributed by atoms with Crippen LogP contribution in [-0.4, -0.2) is 36.5 Å². The zero-order valence-electron chi connectivity index (χ0n) is 9.93. The average Bonchev–Trinajstić information content (AvgIpc) is 3.24. The second-order valence-electron chi connectivity index (χ2n) is 5.01. The Bertz CT molecular complexity index is 392. The van der Waals surface area contributed by atoms with Crippen LogP contribution >= 0.6 is 0 Å². The summed E-state index contributed by atoms with van der Waals surface area (Å²) in [6, 6.07) is 10.3. The number of piperidine rings is 1. The van der Waals surface area contributed by atoms with Gasteiger partial charge in [0.1, 0.15) is 0 Å². The first-order valence-corrected chi connectivity index (χ1v) is 6.42. The maximum atomic E-state index is 12.2. The molecule has 2 heterocycles. The normalized spacial score (nSPS) is 24.7. The lowest BCUT2D eigenvalue weighted by Crippen LogP contribution is -2.39. The van der Waals surface area contributed by atoms with Gasteiger partial charge in [-0.15, -0.1) is 0 Å². The van der Waals surface area contributed by atoms with Crippen molar-refractivity contribution in [2.45, 2.75) is 18.9 Å². The molecule has 0 radical (unpaired) electrons. The number of rotatable bonds is 2. The number of hydrogen-bond donors (Lipinski definition) is 1. The monoisotopic (exact) mass is 230 g/mol. The van der Waals surface area contributed by atoms with Gasteiger partial charge < -0.3 is 10.2 Å². The van der Waals surface area contributed by atoms with Gasteiger partial charge in [0.2, 0.25) is 0 Å². The Kier molecular flexibility index (Phi) is 2.85. The highest BCUT2D eigenvalue weighted by Gasteiger charge is 2.33. The fraction of sp³-hybridized carbons (Fsp3) is 0.500. The molecular weight excluding hydrogens is 212 g/mol. The lowest BCUT2D eigenvalue weighted by Gasteiger charge is -2.31. The van der Waals surface area contributed by atoms with E-state index in [9.17, 15) is 4.79 Å². The summed E-state index contributed by atoms with van der Waals surface area (Å²) in [5.74, 6) is 0.975. The number of amides is 1. The van der Waals surface area contributed by atoms with Gasteiger partial charge in [-0.1, -0.05) is 18.2 Å². The molecule has 2 aliphatic rings. The molecular formula is C14H18N2O. The van der Waals surface area contributed by atoms with E-state index in [2.05, 4.69) is 5.32 Å². The molecule has 17 heavy (non-hydrogen) atoms. The Hall–Kier alpha value is -1.35. The van der Waals surface area contributed by atoms with Gasteiger partial charge in [0.25, 0.3) is 5.91 Å². The van der Waals surface area contributed by atoms with Crippen LogP contribution in [0, 0.1) is 5.92 Å². The Morgan fingerprint density at radius 2 is 1.82 bits per heavy atom. The predicted molar refractivity (Wildman–Crippen MR) is 66.9 cm³/mol. The second-order valence-corrected chi connectivity index (χ2v) is 5.01. The standard InChI is InChI=1S/C14H18N2O/c17-14(12-4-2-1-3-5-12)16-8-6-11(7-9-16)13-10-15-13/h1-5,11,13,15H,6-10H2/t13-/m0/s1. The minimum Gasteiger partial charge on any atom is -0.339 e. The summed E-state index contributed by atoms with van der Waals surface area (Å²) < 4.78 is 0. The molecule has 3 nitrogen and oxygen atoms in total. The molecule has 3 rings (SSSR count). The Balaban J connectivity index is 1.60. The van der Waals surface area contributed by atoms with Gasteiger partial charge in [-0.3, -0.25) is 4.79 Å². The molecule has 0 bridgehead atoms. The topological polar surface area (TPSA) is 42.2 Å². The van der Waals surface area contributed by atoms with E-state index < -0.39 is 0 Å². The third kappa shape index (κ3) is 2.34. The van der Waals surface area contributed by atoms with Crippen molar-refractivity contribution in [3.05, 3.63) is 35.9 Å². The molecule has 2 fully saturated rings. The molecule has 0 unspecified atom stereocenters. The highest BCUT2D eigenvalue weighted by Crippen LogP contribution is 2.25. The van der Waals surface area contributed by atoms with E-state index in [1.54, 1.807) is 0 Å². The van der Waals surface area contributed by atoms with E-state index in [-0.39, 0.29) is 5.91 Å². The fourth-order valence-corrected chi connectivity index (χ4v) is 2.67. The lowest BCUT2D eigenvalue weighted by molar-refractivity contribution is 0.0689. The van der Waals surface area contributed by atoms with Crippen molar-refractivity contribution in [1.29, 1.82) is 0 Å². The van der Waals surface area contributed by atoms with Crippen molar-refractivity contribution in [3.8, 4) is 0 Å². The van der Waals surface area contributed by atoms with Crippen LogP contribution in [0.4, 0.5) is 0 Å². The fourth-order valence-electron chi connectivity index (χ4n) is 2.67. The van der Waals surface area contributed by atoms with Gasteiger partial charge in [0.15, 0.2) is 0 Å². The number of nitrogens with zero attached hydrogens (tertiary/aromatic N) is 1. The maximum absolute atomic E-state index is 12.2. The molecule has 0 spiro atoms. The first kappa shape index (κ1) is 10.8. The Labute approximate surface area is 102 Å². The molecule has 2 saturated heterocycles. The number of hydrogen-bond acceptors (Lipinski definition) is 2. The van der Waals surface area contributed by atoms with Gasteiger partial charge in [0, 0.05) is 31.2 Å². The molecule has 1 aromatic carbocycles. The number of carbonyl (C=O) groups excluding carboxylic acids is 1. The van der Waals surface area contributed by atoms with Crippen LogP contribution in [0.5, 0.6) is 0 Å². The van der Waals surface area contributed by atoms with Gasteiger partial charge in [-0.2, -0.15) is 0 Å². The minimum atomic E-state index is 0.188. The van der Waals surface area contributed by atoms with E-state index in [1.807, 2.05) is 35.2 Å². The van der Waals surface area contributed by atoms with E-state index in [1.165, 1.54) is 6.54 Å². The molecule has 2 aliphatic heterocycles. The minimum absolute atomic E-state index is 0.188. The number of benzene rings is 1. The second kappa shape index (κ2) is 4.49. The Morgan fingerprint density at radius 3 is 2.41 bits per heavy atom. The van der Waals surface area contributed by atoms with Gasteiger partial charge in [-0.05, 0) is 30.9 Å². The van der Waals surface area contributed by atoms with Gasteiger partial charge >= 0.3 is 0 Å². The maximum Gasteiger partial charge on any atom is 0.253 e. The first-order chi connectivity index (χ1) is 8.34. The molecule has 1 amide bonds. The van der Waals surface area contributed by atoms with E-state index in [0.29, 0.717) is 0 Å². The van der Waals surface area contributed by atoms with Gasteiger partial charge in [0.05, 0.1) is 0 Å². The molecule has 0 aromatic heterocycles. The van der Waals surface area contributed by atoms with Crippen LogP contribution < -0.4 is 5.32 Å². The van der Waals surface area contributed by atoms with Gasteiger partial charge in [-0.25, -0.2) is 0 Å². The summed E-state index contributed by atoms with van der Waals surface area (Å²) in [5, 5.41) is 3.38. The molecule has 1 atom stereocenters. The van der Waals surface area contributed by atoms with Crippen molar-refractivity contribution in [3.63, 3.8) is 0 Å². The number of nitrogens with one attached hydrogen (secondary N) is 1. The third-order valence-corrected chi connectivity index (χ3v) is 3.86. The summed E-state index contributed by atoms with van der Waals surface area (Å²) in [5.41, 5.74) is 0.815.